The SMILES string of the molecule is CC(C)C(=O)C(F)(F)[C@@H](C)C(C)C. The van der Waals surface area contributed by atoms with Gasteiger partial charge in [-0.15, -0.1) is 0 Å². The van der Waals surface area contributed by atoms with Crippen molar-refractivity contribution in [3.05, 3.63) is 0 Å². The molecule has 0 aromatic heterocycles. The standard InChI is InChI=1S/C10H18F2O/c1-6(2)8(5)10(11,12)9(13)7(3)4/h6-8H,1-5H3/t8-/m0/s1. The number of carbonyl (C=O) groups excluding carboxylic acids is 1. The Balaban J connectivity index is 4.65. The van der Waals surface area contributed by atoms with Crippen LogP contribution in [0.1, 0.15) is 34.6 Å². The van der Waals surface area contributed by atoms with Gasteiger partial charge in [0.15, 0.2) is 0 Å². The van der Waals surface area contributed by atoms with Gasteiger partial charge in [0.25, 0.3) is 0 Å². The van der Waals surface area contributed by atoms with Gasteiger partial charge in [-0.3, -0.25) is 4.79 Å². The van der Waals surface area contributed by atoms with Crippen molar-refractivity contribution in [3.8, 4) is 0 Å². The molecule has 0 bridgehead atoms. The van der Waals surface area contributed by atoms with Crippen LogP contribution in [-0.4, -0.2) is 11.7 Å². The summed E-state index contributed by atoms with van der Waals surface area (Å²) in [5.74, 6) is -5.80. The van der Waals surface area contributed by atoms with Crippen molar-refractivity contribution in [2.45, 2.75) is 40.5 Å². The summed E-state index contributed by atoms with van der Waals surface area (Å²) in [6, 6.07) is 0. The van der Waals surface area contributed by atoms with Crippen LogP contribution in [0.4, 0.5) is 8.78 Å². The van der Waals surface area contributed by atoms with Crippen LogP contribution in [0.15, 0.2) is 0 Å². The zero-order valence-corrected chi connectivity index (χ0v) is 8.90. The van der Waals surface area contributed by atoms with E-state index in [0.717, 1.165) is 0 Å². The summed E-state index contributed by atoms with van der Waals surface area (Å²) in [6.45, 7) is 7.83. The summed E-state index contributed by atoms with van der Waals surface area (Å²) in [5.41, 5.74) is 0. The molecule has 0 saturated carbocycles. The zero-order chi connectivity index (χ0) is 10.8. The van der Waals surface area contributed by atoms with Crippen LogP contribution in [0.2, 0.25) is 0 Å². The molecule has 0 amide bonds. The molecule has 0 aliphatic heterocycles. The number of hydrogen-bond acceptors (Lipinski definition) is 1. The predicted molar refractivity (Wildman–Crippen MR) is 48.8 cm³/mol. The molecule has 0 fully saturated rings. The van der Waals surface area contributed by atoms with Crippen LogP contribution in [0.3, 0.4) is 0 Å². The van der Waals surface area contributed by atoms with Gasteiger partial charge in [0.2, 0.25) is 5.78 Å². The van der Waals surface area contributed by atoms with Crippen molar-refractivity contribution in [3.63, 3.8) is 0 Å². The maximum absolute atomic E-state index is 13.4. The molecule has 0 aromatic carbocycles. The van der Waals surface area contributed by atoms with Gasteiger partial charge in [-0.25, -0.2) is 0 Å². The third-order valence-electron chi connectivity index (χ3n) is 2.42. The molecule has 0 N–H and O–H groups in total. The Bertz CT molecular complexity index is 185. The van der Waals surface area contributed by atoms with Crippen molar-refractivity contribution in [1.29, 1.82) is 0 Å². The van der Waals surface area contributed by atoms with Gasteiger partial charge >= 0.3 is 5.92 Å². The lowest BCUT2D eigenvalue weighted by atomic mass is 9.86. The van der Waals surface area contributed by atoms with Gasteiger partial charge in [0, 0.05) is 11.8 Å². The van der Waals surface area contributed by atoms with Crippen LogP contribution in [0.25, 0.3) is 0 Å². The first-order chi connectivity index (χ1) is 5.71. The van der Waals surface area contributed by atoms with E-state index in [9.17, 15) is 13.6 Å². The second kappa shape index (κ2) is 4.16. The predicted octanol–water partition coefficient (Wildman–Crippen LogP) is 3.14. The molecule has 0 spiro atoms. The number of Topliss-reactive ketones (excluding diaryl/α,β-unsaturated/α-hetero) is 1. The van der Waals surface area contributed by atoms with Gasteiger partial charge in [-0.2, -0.15) is 8.78 Å². The summed E-state index contributed by atoms with van der Waals surface area (Å²) in [7, 11) is 0. The number of ketones is 1. The minimum Gasteiger partial charge on any atom is -0.293 e. The highest BCUT2D eigenvalue weighted by molar-refractivity contribution is 5.87. The van der Waals surface area contributed by atoms with E-state index in [1.807, 2.05) is 0 Å². The summed E-state index contributed by atoms with van der Waals surface area (Å²) in [4.78, 5) is 11.2. The van der Waals surface area contributed by atoms with E-state index in [0.29, 0.717) is 0 Å². The average molecular weight is 192 g/mol. The lowest BCUT2D eigenvalue weighted by Gasteiger charge is -2.26. The largest absolute Gasteiger partial charge is 0.308 e. The van der Waals surface area contributed by atoms with Crippen LogP contribution >= 0.6 is 0 Å². The molecule has 0 aromatic rings. The molecule has 0 aliphatic carbocycles. The molecule has 0 rings (SSSR count). The normalized spacial score (nSPS) is 15.2. The number of halogens is 2. The second-order valence-electron chi connectivity index (χ2n) is 4.17. The minimum atomic E-state index is -3.18. The van der Waals surface area contributed by atoms with E-state index in [-0.39, 0.29) is 5.92 Å². The first-order valence-corrected chi connectivity index (χ1v) is 4.63. The molecular formula is C10H18F2O. The third kappa shape index (κ3) is 2.75. The summed E-state index contributed by atoms with van der Waals surface area (Å²) < 4.78 is 26.7. The Kier molecular flexibility index (Phi) is 4.01. The quantitative estimate of drug-likeness (QED) is 0.668. The molecule has 1 nitrogen and oxygen atoms in total. The Morgan fingerprint density at radius 3 is 1.69 bits per heavy atom. The lowest BCUT2D eigenvalue weighted by Crippen LogP contribution is -2.40. The summed E-state index contributed by atoms with van der Waals surface area (Å²) >= 11 is 0. The van der Waals surface area contributed by atoms with Gasteiger partial charge in [-0.1, -0.05) is 34.6 Å². The van der Waals surface area contributed by atoms with Gasteiger partial charge < -0.3 is 0 Å². The second-order valence-corrected chi connectivity index (χ2v) is 4.17. The Morgan fingerprint density at radius 2 is 1.46 bits per heavy atom. The van der Waals surface area contributed by atoms with E-state index in [1.54, 1.807) is 13.8 Å². The van der Waals surface area contributed by atoms with E-state index in [2.05, 4.69) is 0 Å². The first-order valence-electron chi connectivity index (χ1n) is 4.63. The van der Waals surface area contributed by atoms with E-state index >= 15 is 0 Å². The van der Waals surface area contributed by atoms with Crippen molar-refractivity contribution in [2.75, 3.05) is 0 Å². The van der Waals surface area contributed by atoms with Crippen molar-refractivity contribution in [2.24, 2.45) is 17.8 Å². The molecule has 13 heavy (non-hydrogen) atoms. The Labute approximate surface area is 78.5 Å². The third-order valence-corrected chi connectivity index (χ3v) is 2.42. The van der Waals surface area contributed by atoms with Gasteiger partial charge in [-0.05, 0) is 5.92 Å². The zero-order valence-electron chi connectivity index (χ0n) is 8.90. The number of hydrogen-bond donors (Lipinski definition) is 0. The number of carbonyl (C=O) groups is 1. The molecule has 0 unspecified atom stereocenters. The van der Waals surface area contributed by atoms with Crippen molar-refractivity contribution in [1.82, 2.24) is 0 Å². The highest BCUT2D eigenvalue weighted by Gasteiger charge is 2.46. The van der Waals surface area contributed by atoms with Gasteiger partial charge in [0.1, 0.15) is 0 Å². The number of alkyl halides is 2. The molecular weight excluding hydrogens is 174 g/mol. The number of rotatable bonds is 4. The monoisotopic (exact) mass is 192 g/mol. The van der Waals surface area contributed by atoms with E-state index < -0.39 is 23.5 Å². The lowest BCUT2D eigenvalue weighted by molar-refractivity contribution is -0.156. The maximum Gasteiger partial charge on any atom is 0.308 e. The minimum absolute atomic E-state index is 0.183. The topological polar surface area (TPSA) is 17.1 Å². The molecule has 0 heterocycles. The highest BCUT2D eigenvalue weighted by atomic mass is 19.3. The van der Waals surface area contributed by atoms with Crippen LogP contribution in [0.5, 0.6) is 0 Å². The molecule has 78 valence electrons. The fourth-order valence-corrected chi connectivity index (χ4v) is 1.03. The maximum atomic E-state index is 13.4. The highest BCUT2D eigenvalue weighted by Crippen LogP contribution is 2.33. The van der Waals surface area contributed by atoms with Gasteiger partial charge in [0.05, 0.1) is 0 Å². The van der Waals surface area contributed by atoms with E-state index in [1.165, 1.54) is 20.8 Å². The van der Waals surface area contributed by atoms with Crippen LogP contribution in [-0.2, 0) is 4.79 Å². The van der Waals surface area contributed by atoms with Crippen LogP contribution in [0, 0.1) is 17.8 Å². The fraction of sp³-hybridized carbons (Fsp3) is 0.900. The first kappa shape index (κ1) is 12.5. The molecule has 1 atom stereocenters. The van der Waals surface area contributed by atoms with Crippen molar-refractivity contribution < 1.29 is 13.6 Å². The average Bonchev–Trinajstić information content (AvgIpc) is 2.01. The molecule has 3 heteroatoms. The van der Waals surface area contributed by atoms with Crippen molar-refractivity contribution >= 4 is 5.78 Å². The molecule has 0 saturated heterocycles. The smallest absolute Gasteiger partial charge is 0.293 e. The Morgan fingerprint density at radius 1 is 1.08 bits per heavy atom. The molecule has 0 radical (unpaired) electrons. The summed E-state index contributed by atoms with van der Waals surface area (Å²) in [6.07, 6.45) is 0. The fourth-order valence-electron chi connectivity index (χ4n) is 1.03. The molecule has 0 aliphatic rings. The van der Waals surface area contributed by atoms with Crippen LogP contribution < -0.4 is 0 Å². The Hall–Kier alpha value is -0.470. The van der Waals surface area contributed by atoms with E-state index in [4.69, 9.17) is 0 Å². The summed E-state index contributed by atoms with van der Waals surface area (Å²) in [5, 5.41) is 0.